The Morgan fingerprint density at radius 2 is 2.19 bits per heavy atom. The van der Waals surface area contributed by atoms with E-state index < -0.39 is 11.1 Å². The second kappa shape index (κ2) is 8.02. The van der Waals surface area contributed by atoms with E-state index in [2.05, 4.69) is 15.6 Å². The number of nitrogens with zero attached hydrogens (tertiary/aromatic N) is 1. The maximum atomic E-state index is 11.8. The van der Waals surface area contributed by atoms with E-state index in [9.17, 15) is 14.4 Å². The molecule has 134 valence electrons. The largest absolute Gasteiger partial charge is 0.493 e. The highest BCUT2D eigenvalue weighted by Crippen LogP contribution is 2.31. The molecule has 0 spiro atoms. The average molecular weight is 391 g/mol. The lowest BCUT2D eigenvalue weighted by atomic mass is 10.2. The van der Waals surface area contributed by atoms with Gasteiger partial charge in [-0.15, -0.1) is 11.3 Å². The Hall–Kier alpha value is -2.85. The van der Waals surface area contributed by atoms with Gasteiger partial charge in [0.2, 0.25) is 0 Å². The van der Waals surface area contributed by atoms with Gasteiger partial charge in [0.25, 0.3) is 17.1 Å². The van der Waals surface area contributed by atoms with Crippen molar-refractivity contribution >= 4 is 51.4 Å². The average Bonchev–Trinajstić information content (AvgIpc) is 3.23. The van der Waals surface area contributed by atoms with Gasteiger partial charge in [0, 0.05) is 11.6 Å². The number of thiazole rings is 1. The Balaban J connectivity index is 1.67. The van der Waals surface area contributed by atoms with Gasteiger partial charge in [-0.3, -0.25) is 25.0 Å². The molecule has 0 aliphatic carbocycles. The highest BCUT2D eigenvalue weighted by atomic mass is 32.2. The van der Waals surface area contributed by atoms with E-state index in [0.29, 0.717) is 27.1 Å². The van der Waals surface area contributed by atoms with E-state index in [1.54, 1.807) is 35.9 Å². The molecule has 0 radical (unpaired) electrons. The molecule has 26 heavy (non-hydrogen) atoms. The normalized spacial score (nSPS) is 15.0. The summed E-state index contributed by atoms with van der Waals surface area (Å²) < 4.78 is 10.7. The zero-order chi connectivity index (χ0) is 18.5. The maximum Gasteiger partial charge on any atom is 0.290 e. The number of methoxy groups -OCH3 is 1. The number of amides is 3. The molecule has 2 N–H and O–H groups in total. The number of nitrogens with one attached hydrogen (secondary N) is 2. The highest BCUT2D eigenvalue weighted by molar-refractivity contribution is 8.18. The third-order valence-corrected chi connectivity index (χ3v) is 4.66. The second-order valence-corrected chi connectivity index (χ2v) is 6.85. The summed E-state index contributed by atoms with van der Waals surface area (Å²) in [5.74, 6) is 0.00330. The van der Waals surface area contributed by atoms with Crippen molar-refractivity contribution in [3.8, 4) is 11.5 Å². The number of rotatable bonds is 6. The van der Waals surface area contributed by atoms with Crippen LogP contribution in [-0.4, -0.2) is 35.8 Å². The zero-order valence-electron chi connectivity index (χ0n) is 13.5. The molecule has 3 amide bonds. The number of hydrogen-bond donors (Lipinski definition) is 2. The van der Waals surface area contributed by atoms with Gasteiger partial charge in [-0.05, 0) is 35.5 Å². The summed E-state index contributed by atoms with van der Waals surface area (Å²) in [4.78, 5) is 38.9. The Bertz CT molecular complexity index is 880. The minimum absolute atomic E-state index is 0.205. The molecule has 1 aromatic heterocycles. The van der Waals surface area contributed by atoms with E-state index in [4.69, 9.17) is 9.47 Å². The van der Waals surface area contributed by atoms with E-state index in [1.807, 2.05) is 0 Å². The van der Waals surface area contributed by atoms with Crippen molar-refractivity contribution in [3.05, 3.63) is 40.2 Å². The van der Waals surface area contributed by atoms with Crippen LogP contribution in [0.1, 0.15) is 5.56 Å². The van der Waals surface area contributed by atoms with Gasteiger partial charge in [-0.2, -0.15) is 0 Å². The molecule has 2 heterocycles. The lowest BCUT2D eigenvalue weighted by molar-refractivity contribution is -0.118. The number of thioether (sulfide) groups is 1. The Labute approximate surface area is 156 Å². The SMILES string of the molecule is COc1cc(/C=C2\SC(=O)NC2=O)ccc1OCC(=O)Nc1nccs1. The third kappa shape index (κ3) is 4.41. The highest BCUT2D eigenvalue weighted by Gasteiger charge is 2.25. The molecule has 2 aromatic rings. The number of anilines is 1. The molecule has 0 unspecified atom stereocenters. The van der Waals surface area contributed by atoms with Gasteiger partial charge in [0.05, 0.1) is 12.0 Å². The first-order chi connectivity index (χ1) is 12.5. The number of ether oxygens (including phenoxy) is 2. The van der Waals surface area contributed by atoms with Gasteiger partial charge in [0.1, 0.15) is 0 Å². The van der Waals surface area contributed by atoms with Crippen LogP contribution in [0.4, 0.5) is 9.93 Å². The molecule has 1 aliphatic rings. The van der Waals surface area contributed by atoms with Crippen LogP contribution in [-0.2, 0) is 9.59 Å². The topological polar surface area (TPSA) is 107 Å². The Kier molecular flexibility index (Phi) is 5.54. The molecule has 0 bridgehead atoms. The molecule has 1 fully saturated rings. The van der Waals surface area contributed by atoms with Crippen LogP contribution in [0.3, 0.4) is 0 Å². The molecule has 0 saturated carbocycles. The smallest absolute Gasteiger partial charge is 0.290 e. The summed E-state index contributed by atoms with van der Waals surface area (Å²) in [7, 11) is 1.47. The van der Waals surface area contributed by atoms with Crippen LogP contribution in [0.2, 0.25) is 0 Å². The third-order valence-electron chi connectivity index (χ3n) is 3.16. The fraction of sp³-hybridized carbons (Fsp3) is 0.125. The first-order valence-electron chi connectivity index (χ1n) is 7.30. The van der Waals surface area contributed by atoms with Crippen molar-refractivity contribution in [1.29, 1.82) is 0 Å². The van der Waals surface area contributed by atoms with Crippen molar-refractivity contribution in [1.82, 2.24) is 10.3 Å². The number of carbonyl (C=O) groups is 3. The minimum Gasteiger partial charge on any atom is -0.493 e. The molecular formula is C16H13N3O5S2. The Morgan fingerprint density at radius 1 is 1.35 bits per heavy atom. The molecular weight excluding hydrogens is 378 g/mol. The minimum atomic E-state index is -0.432. The number of aromatic nitrogens is 1. The van der Waals surface area contributed by atoms with Crippen LogP contribution >= 0.6 is 23.1 Å². The first-order valence-corrected chi connectivity index (χ1v) is 9.00. The standard InChI is InChI=1S/C16H13N3O5S2/c1-23-11-6-9(7-12-14(21)19-16(22)26-12)2-3-10(11)24-8-13(20)18-15-17-4-5-25-15/h2-7H,8H2,1H3,(H,17,18,20)(H,19,21,22)/b12-7-. The van der Waals surface area contributed by atoms with Crippen molar-refractivity contribution in [2.75, 3.05) is 19.0 Å². The summed E-state index contributed by atoms with van der Waals surface area (Å²) in [5, 5.41) is 6.65. The molecule has 1 aromatic carbocycles. The fourth-order valence-electron chi connectivity index (χ4n) is 2.05. The van der Waals surface area contributed by atoms with E-state index in [-0.39, 0.29) is 12.5 Å². The van der Waals surface area contributed by atoms with Crippen LogP contribution in [0.25, 0.3) is 6.08 Å². The van der Waals surface area contributed by atoms with Gasteiger partial charge >= 0.3 is 0 Å². The summed E-state index contributed by atoms with van der Waals surface area (Å²) >= 11 is 2.14. The zero-order valence-corrected chi connectivity index (χ0v) is 15.1. The molecule has 1 aliphatic heterocycles. The maximum absolute atomic E-state index is 11.8. The molecule has 10 heteroatoms. The molecule has 3 rings (SSSR count). The number of carbonyl (C=O) groups excluding carboxylic acids is 3. The number of imide groups is 1. The van der Waals surface area contributed by atoms with Crippen LogP contribution < -0.4 is 20.1 Å². The summed E-state index contributed by atoms with van der Waals surface area (Å²) in [6, 6.07) is 4.97. The summed E-state index contributed by atoms with van der Waals surface area (Å²) in [6.07, 6.45) is 3.17. The monoisotopic (exact) mass is 391 g/mol. The fourth-order valence-corrected chi connectivity index (χ4v) is 3.28. The summed E-state index contributed by atoms with van der Waals surface area (Å²) in [6.45, 7) is -0.205. The molecule has 8 nitrogen and oxygen atoms in total. The van der Waals surface area contributed by atoms with Crippen molar-refractivity contribution in [3.63, 3.8) is 0 Å². The molecule has 0 atom stereocenters. The van der Waals surface area contributed by atoms with Gasteiger partial charge in [-0.25, -0.2) is 4.98 Å². The molecule has 1 saturated heterocycles. The van der Waals surface area contributed by atoms with E-state index >= 15 is 0 Å². The van der Waals surface area contributed by atoms with Crippen molar-refractivity contribution in [2.45, 2.75) is 0 Å². The van der Waals surface area contributed by atoms with E-state index in [1.165, 1.54) is 18.4 Å². The number of benzene rings is 1. The van der Waals surface area contributed by atoms with Crippen molar-refractivity contribution < 1.29 is 23.9 Å². The van der Waals surface area contributed by atoms with Gasteiger partial charge in [0.15, 0.2) is 23.2 Å². The lowest BCUT2D eigenvalue weighted by Crippen LogP contribution is -2.20. The van der Waals surface area contributed by atoms with Gasteiger partial charge < -0.3 is 9.47 Å². The van der Waals surface area contributed by atoms with Gasteiger partial charge in [-0.1, -0.05) is 6.07 Å². The first kappa shape index (κ1) is 18.0. The second-order valence-electron chi connectivity index (χ2n) is 4.94. The quantitative estimate of drug-likeness (QED) is 0.729. The lowest BCUT2D eigenvalue weighted by Gasteiger charge is -2.11. The van der Waals surface area contributed by atoms with Crippen LogP contribution in [0, 0.1) is 0 Å². The number of hydrogen-bond acceptors (Lipinski definition) is 8. The predicted molar refractivity (Wildman–Crippen MR) is 98.3 cm³/mol. The predicted octanol–water partition coefficient (Wildman–Crippen LogP) is 2.49. The van der Waals surface area contributed by atoms with E-state index in [0.717, 1.165) is 11.8 Å². The van der Waals surface area contributed by atoms with Crippen LogP contribution in [0.5, 0.6) is 11.5 Å². The summed E-state index contributed by atoms with van der Waals surface area (Å²) in [5.41, 5.74) is 0.661. The Morgan fingerprint density at radius 3 is 2.85 bits per heavy atom. The van der Waals surface area contributed by atoms with Crippen LogP contribution in [0.15, 0.2) is 34.7 Å². The van der Waals surface area contributed by atoms with Crippen molar-refractivity contribution in [2.24, 2.45) is 0 Å².